The molecule has 0 aromatic rings. The van der Waals surface area contributed by atoms with Crippen LogP contribution in [0.1, 0.15) is 46.5 Å². The van der Waals surface area contributed by atoms with Crippen molar-refractivity contribution in [2.45, 2.75) is 52.1 Å². The second kappa shape index (κ2) is 3.14. The molecule has 0 aliphatic heterocycles. The molecule has 66 valence electrons. The van der Waals surface area contributed by atoms with Gasteiger partial charge in [0.25, 0.3) is 0 Å². The lowest BCUT2D eigenvalue weighted by atomic mass is 9.89. The molecule has 0 heterocycles. The van der Waals surface area contributed by atoms with E-state index in [0.29, 0.717) is 0 Å². The maximum Gasteiger partial charge on any atom is 0.0622 e. The fourth-order valence-electron chi connectivity index (χ4n) is 2.08. The van der Waals surface area contributed by atoms with Crippen LogP contribution in [0.15, 0.2) is 0 Å². The predicted molar refractivity (Wildman–Crippen MR) is 47.4 cm³/mol. The molecule has 1 rings (SSSR count). The van der Waals surface area contributed by atoms with Gasteiger partial charge in [-0.2, -0.15) is 0 Å². The summed E-state index contributed by atoms with van der Waals surface area (Å²) in [4.78, 5) is 0. The summed E-state index contributed by atoms with van der Waals surface area (Å²) in [6, 6.07) is 0. The Morgan fingerprint density at radius 1 is 1.64 bits per heavy atom. The Kier molecular flexibility index (Phi) is 2.58. The molecule has 0 spiro atoms. The Balaban J connectivity index is 2.41. The zero-order valence-electron chi connectivity index (χ0n) is 7.93. The van der Waals surface area contributed by atoms with E-state index in [-0.39, 0.29) is 5.60 Å². The molecule has 0 saturated heterocycles. The summed E-state index contributed by atoms with van der Waals surface area (Å²) in [5, 5.41) is 9.71. The lowest BCUT2D eigenvalue weighted by molar-refractivity contribution is 0.0603. The highest BCUT2D eigenvalue weighted by atomic mass is 16.3. The van der Waals surface area contributed by atoms with Gasteiger partial charge in [-0.25, -0.2) is 0 Å². The normalized spacial score (nSPS) is 40.9. The predicted octanol–water partition coefficient (Wildman–Crippen LogP) is 2.58. The summed E-state index contributed by atoms with van der Waals surface area (Å²) < 4.78 is 0. The Morgan fingerprint density at radius 3 is 2.64 bits per heavy atom. The molecule has 0 radical (unpaired) electrons. The standard InChI is InChI=1S/C10H20O/c1-4-8(2)9-5-6-10(3,11)7-9/h8-9,11H,4-7H2,1-3H3/t8-,9?,10+/m1/s1. The first-order chi connectivity index (χ1) is 5.05. The van der Waals surface area contributed by atoms with Gasteiger partial charge < -0.3 is 5.11 Å². The fraction of sp³-hybridized carbons (Fsp3) is 1.00. The number of hydrogen-bond acceptors (Lipinski definition) is 1. The molecular formula is C10H20O. The molecule has 11 heavy (non-hydrogen) atoms. The Morgan fingerprint density at radius 2 is 2.27 bits per heavy atom. The van der Waals surface area contributed by atoms with Gasteiger partial charge in [0.15, 0.2) is 0 Å². The van der Waals surface area contributed by atoms with Crippen molar-refractivity contribution in [1.82, 2.24) is 0 Å². The lowest BCUT2D eigenvalue weighted by Crippen LogP contribution is -2.20. The molecular weight excluding hydrogens is 136 g/mol. The largest absolute Gasteiger partial charge is 0.390 e. The van der Waals surface area contributed by atoms with Crippen molar-refractivity contribution in [3.8, 4) is 0 Å². The van der Waals surface area contributed by atoms with E-state index in [0.717, 1.165) is 24.7 Å². The van der Waals surface area contributed by atoms with Gasteiger partial charge in [-0.05, 0) is 38.0 Å². The molecule has 1 saturated carbocycles. The summed E-state index contributed by atoms with van der Waals surface area (Å²) in [5.41, 5.74) is -0.353. The van der Waals surface area contributed by atoms with E-state index in [1.165, 1.54) is 12.8 Å². The Bertz CT molecular complexity index is 129. The number of aliphatic hydroxyl groups is 1. The van der Waals surface area contributed by atoms with E-state index in [4.69, 9.17) is 0 Å². The third-order valence-electron chi connectivity index (χ3n) is 3.20. The topological polar surface area (TPSA) is 20.2 Å². The van der Waals surface area contributed by atoms with Crippen LogP contribution < -0.4 is 0 Å². The van der Waals surface area contributed by atoms with Crippen molar-refractivity contribution < 1.29 is 5.11 Å². The van der Waals surface area contributed by atoms with Crippen LogP contribution in [0.4, 0.5) is 0 Å². The van der Waals surface area contributed by atoms with Crippen LogP contribution >= 0.6 is 0 Å². The minimum Gasteiger partial charge on any atom is -0.390 e. The third-order valence-corrected chi connectivity index (χ3v) is 3.20. The number of rotatable bonds is 2. The zero-order valence-corrected chi connectivity index (χ0v) is 7.93. The van der Waals surface area contributed by atoms with Crippen LogP contribution in [0, 0.1) is 11.8 Å². The molecule has 0 bridgehead atoms. The van der Waals surface area contributed by atoms with Gasteiger partial charge in [0.2, 0.25) is 0 Å². The minimum atomic E-state index is -0.353. The maximum atomic E-state index is 9.71. The second-order valence-electron chi connectivity index (χ2n) is 4.39. The van der Waals surface area contributed by atoms with Crippen molar-refractivity contribution >= 4 is 0 Å². The average Bonchev–Trinajstić information content (AvgIpc) is 2.29. The van der Waals surface area contributed by atoms with E-state index in [1.807, 2.05) is 6.92 Å². The highest BCUT2D eigenvalue weighted by Gasteiger charge is 2.34. The van der Waals surface area contributed by atoms with E-state index in [1.54, 1.807) is 0 Å². The van der Waals surface area contributed by atoms with Crippen LogP contribution in [0.5, 0.6) is 0 Å². The minimum absolute atomic E-state index is 0.353. The molecule has 0 amide bonds. The monoisotopic (exact) mass is 156 g/mol. The molecule has 1 unspecified atom stereocenters. The van der Waals surface area contributed by atoms with E-state index in [9.17, 15) is 5.11 Å². The first kappa shape index (κ1) is 9.05. The molecule has 0 aromatic heterocycles. The van der Waals surface area contributed by atoms with Gasteiger partial charge in [-0.15, -0.1) is 0 Å². The summed E-state index contributed by atoms with van der Waals surface area (Å²) in [6.07, 6.45) is 4.49. The van der Waals surface area contributed by atoms with Crippen LogP contribution in [0.3, 0.4) is 0 Å². The molecule has 1 nitrogen and oxygen atoms in total. The first-order valence-corrected chi connectivity index (χ1v) is 4.77. The van der Waals surface area contributed by atoms with Crippen molar-refractivity contribution in [1.29, 1.82) is 0 Å². The fourth-order valence-corrected chi connectivity index (χ4v) is 2.08. The van der Waals surface area contributed by atoms with Crippen LogP contribution in [-0.4, -0.2) is 10.7 Å². The van der Waals surface area contributed by atoms with E-state index in [2.05, 4.69) is 13.8 Å². The summed E-state index contributed by atoms with van der Waals surface area (Å²) in [5.74, 6) is 1.57. The third kappa shape index (κ3) is 2.19. The van der Waals surface area contributed by atoms with E-state index < -0.39 is 0 Å². The van der Waals surface area contributed by atoms with Crippen LogP contribution in [0.25, 0.3) is 0 Å². The van der Waals surface area contributed by atoms with Crippen molar-refractivity contribution in [2.24, 2.45) is 11.8 Å². The van der Waals surface area contributed by atoms with Gasteiger partial charge in [0, 0.05) is 0 Å². The summed E-state index contributed by atoms with van der Waals surface area (Å²) >= 11 is 0. The highest BCUT2D eigenvalue weighted by molar-refractivity contribution is 4.86. The van der Waals surface area contributed by atoms with Crippen LogP contribution in [0.2, 0.25) is 0 Å². The molecule has 3 atom stereocenters. The number of hydrogen-bond donors (Lipinski definition) is 1. The van der Waals surface area contributed by atoms with Crippen molar-refractivity contribution in [3.05, 3.63) is 0 Å². The average molecular weight is 156 g/mol. The summed E-state index contributed by atoms with van der Waals surface area (Å²) in [7, 11) is 0. The zero-order chi connectivity index (χ0) is 8.48. The molecule has 1 N–H and O–H groups in total. The molecule has 1 heteroatoms. The Labute approximate surface area is 69.8 Å². The van der Waals surface area contributed by atoms with Crippen molar-refractivity contribution in [3.63, 3.8) is 0 Å². The van der Waals surface area contributed by atoms with Gasteiger partial charge in [0.1, 0.15) is 0 Å². The Hall–Kier alpha value is -0.0400. The second-order valence-corrected chi connectivity index (χ2v) is 4.39. The molecule has 1 fully saturated rings. The smallest absolute Gasteiger partial charge is 0.0622 e. The van der Waals surface area contributed by atoms with Gasteiger partial charge >= 0.3 is 0 Å². The molecule has 1 aliphatic rings. The first-order valence-electron chi connectivity index (χ1n) is 4.77. The lowest BCUT2D eigenvalue weighted by Gasteiger charge is -2.19. The maximum absolute atomic E-state index is 9.71. The highest BCUT2D eigenvalue weighted by Crippen LogP contribution is 2.39. The van der Waals surface area contributed by atoms with Gasteiger partial charge in [-0.1, -0.05) is 20.3 Å². The van der Waals surface area contributed by atoms with Gasteiger partial charge in [0.05, 0.1) is 5.60 Å². The summed E-state index contributed by atoms with van der Waals surface area (Å²) in [6.45, 7) is 6.50. The SMILES string of the molecule is CC[C@@H](C)C1CC[C@](C)(O)C1. The van der Waals surface area contributed by atoms with Crippen molar-refractivity contribution in [2.75, 3.05) is 0 Å². The van der Waals surface area contributed by atoms with E-state index >= 15 is 0 Å². The van der Waals surface area contributed by atoms with Crippen LogP contribution in [-0.2, 0) is 0 Å². The quantitative estimate of drug-likeness (QED) is 0.651. The molecule has 0 aromatic carbocycles. The molecule has 1 aliphatic carbocycles. The van der Waals surface area contributed by atoms with Gasteiger partial charge in [-0.3, -0.25) is 0 Å².